The van der Waals surface area contributed by atoms with Gasteiger partial charge in [0.25, 0.3) is 0 Å². The molecule has 0 saturated heterocycles. The van der Waals surface area contributed by atoms with E-state index in [0.29, 0.717) is 17.6 Å². The Labute approximate surface area is 103 Å². The van der Waals surface area contributed by atoms with Crippen LogP contribution in [0, 0.1) is 17.8 Å². The number of hydrogen-bond acceptors (Lipinski definition) is 1. The number of aryl methyl sites for hydroxylation is 1. The van der Waals surface area contributed by atoms with Gasteiger partial charge in [0.1, 0.15) is 5.78 Å². The van der Waals surface area contributed by atoms with Gasteiger partial charge in [-0.2, -0.15) is 0 Å². The highest BCUT2D eigenvalue weighted by atomic mass is 16.1. The van der Waals surface area contributed by atoms with Crippen LogP contribution in [0.4, 0.5) is 0 Å². The van der Waals surface area contributed by atoms with Crippen molar-refractivity contribution < 1.29 is 4.79 Å². The third-order valence-electron chi connectivity index (χ3n) is 4.63. The molecule has 1 heteroatoms. The maximum absolute atomic E-state index is 12.0. The lowest BCUT2D eigenvalue weighted by atomic mass is 9.84. The fraction of sp³-hybridized carbons (Fsp3) is 0.562. The summed E-state index contributed by atoms with van der Waals surface area (Å²) >= 11 is 0. The van der Waals surface area contributed by atoms with E-state index >= 15 is 0 Å². The molecule has 0 unspecified atom stereocenters. The minimum Gasteiger partial charge on any atom is -0.299 e. The molecule has 1 aromatic rings. The molecule has 2 aliphatic carbocycles. The van der Waals surface area contributed by atoms with Gasteiger partial charge in [-0.05, 0) is 50.0 Å². The lowest BCUT2D eigenvalue weighted by Gasteiger charge is -2.20. The predicted molar refractivity (Wildman–Crippen MR) is 68.7 cm³/mol. The van der Waals surface area contributed by atoms with E-state index in [4.69, 9.17) is 0 Å². The van der Waals surface area contributed by atoms with Crippen molar-refractivity contribution in [2.24, 2.45) is 17.8 Å². The summed E-state index contributed by atoms with van der Waals surface area (Å²) in [6, 6.07) is 10.6. The first-order chi connectivity index (χ1) is 8.34. The summed E-state index contributed by atoms with van der Waals surface area (Å²) in [6.45, 7) is 0. The molecule has 3 rings (SSSR count). The molecule has 0 N–H and O–H groups in total. The Morgan fingerprint density at radius 1 is 1.12 bits per heavy atom. The number of rotatable bonds is 4. The number of carbonyl (C=O) groups excluding carboxylic acids is 1. The molecule has 1 aromatic carbocycles. The first-order valence-electron chi connectivity index (χ1n) is 6.92. The summed E-state index contributed by atoms with van der Waals surface area (Å²) in [5, 5.41) is 0. The van der Waals surface area contributed by atoms with E-state index in [-0.39, 0.29) is 0 Å². The second-order valence-corrected chi connectivity index (χ2v) is 5.66. The smallest absolute Gasteiger partial charge is 0.139 e. The second kappa shape index (κ2) is 4.64. The highest BCUT2D eigenvalue weighted by Gasteiger charge is 2.45. The van der Waals surface area contributed by atoms with E-state index in [1.807, 2.05) is 0 Å². The van der Waals surface area contributed by atoms with Crippen LogP contribution in [0.25, 0.3) is 0 Å². The number of hydrogen-bond donors (Lipinski definition) is 0. The van der Waals surface area contributed by atoms with Gasteiger partial charge >= 0.3 is 0 Å². The summed E-state index contributed by atoms with van der Waals surface area (Å²) in [5.41, 5.74) is 1.41. The average molecular weight is 228 g/mol. The summed E-state index contributed by atoms with van der Waals surface area (Å²) in [5.74, 6) is 2.19. The molecule has 90 valence electrons. The molecule has 0 spiro atoms. The zero-order valence-corrected chi connectivity index (χ0v) is 10.3. The molecule has 0 radical (unpaired) electrons. The van der Waals surface area contributed by atoms with Crippen LogP contribution in [0.2, 0.25) is 0 Å². The van der Waals surface area contributed by atoms with Crippen LogP contribution in [0.3, 0.4) is 0 Å². The zero-order chi connectivity index (χ0) is 11.7. The summed E-state index contributed by atoms with van der Waals surface area (Å²) in [6.07, 6.45) is 7.11. The number of fused-ring (bicyclic) bond motifs is 2. The average Bonchev–Trinajstić information content (AvgIpc) is 2.94. The lowest BCUT2D eigenvalue weighted by Crippen LogP contribution is -2.22. The standard InChI is InChI=1S/C16H20O/c17-16-14-10-9-13(11-14)15(16)8-4-7-12-5-2-1-3-6-12/h1-3,5-6,13-15H,4,7-11H2/t13-,14+,15+/m0/s1. The minimum atomic E-state index is 0.414. The first kappa shape index (κ1) is 11.0. The molecular formula is C16H20O. The third kappa shape index (κ3) is 2.15. The van der Waals surface area contributed by atoms with Gasteiger partial charge in [0.05, 0.1) is 0 Å². The van der Waals surface area contributed by atoms with Crippen LogP contribution in [-0.4, -0.2) is 5.78 Å². The molecule has 0 aromatic heterocycles. The monoisotopic (exact) mass is 228 g/mol. The molecule has 3 atom stereocenters. The van der Waals surface area contributed by atoms with E-state index in [0.717, 1.165) is 18.8 Å². The van der Waals surface area contributed by atoms with Crippen LogP contribution >= 0.6 is 0 Å². The van der Waals surface area contributed by atoms with Gasteiger partial charge in [-0.15, -0.1) is 0 Å². The first-order valence-corrected chi connectivity index (χ1v) is 6.92. The Bertz CT molecular complexity index is 395. The number of benzene rings is 1. The van der Waals surface area contributed by atoms with E-state index in [1.165, 1.54) is 31.2 Å². The van der Waals surface area contributed by atoms with Crippen molar-refractivity contribution in [3.63, 3.8) is 0 Å². The largest absolute Gasteiger partial charge is 0.299 e. The van der Waals surface area contributed by atoms with Gasteiger partial charge in [-0.1, -0.05) is 30.3 Å². The molecule has 0 amide bonds. The topological polar surface area (TPSA) is 17.1 Å². The molecular weight excluding hydrogens is 208 g/mol. The van der Waals surface area contributed by atoms with Crippen LogP contribution in [0.15, 0.2) is 30.3 Å². The SMILES string of the molecule is O=C1[C@@H]2CC[C@@H](C2)[C@H]1CCCc1ccccc1. The third-order valence-corrected chi connectivity index (χ3v) is 4.63. The Morgan fingerprint density at radius 3 is 2.65 bits per heavy atom. The van der Waals surface area contributed by atoms with Gasteiger partial charge in [0.15, 0.2) is 0 Å². The maximum atomic E-state index is 12.0. The second-order valence-electron chi connectivity index (χ2n) is 5.66. The number of carbonyl (C=O) groups is 1. The van der Waals surface area contributed by atoms with Crippen LogP contribution in [0.5, 0.6) is 0 Å². The molecule has 17 heavy (non-hydrogen) atoms. The molecule has 2 fully saturated rings. The van der Waals surface area contributed by atoms with Crippen LogP contribution < -0.4 is 0 Å². The van der Waals surface area contributed by atoms with Crippen LogP contribution in [0.1, 0.15) is 37.7 Å². The maximum Gasteiger partial charge on any atom is 0.139 e. The number of ketones is 1. The van der Waals surface area contributed by atoms with E-state index < -0.39 is 0 Å². The predicted octanol–water partition coefficient (Wildman–Crippen LogP) is 3.62. The Morgan fingerprint density at radius 2 is 1.94 bits per heavy atom. The fourth-order valence-electron chi connectivity index (χ4n) is 3.72. The summed E-state index contributed by atoms with van der Waals surface area (Å²) in [7, 11) is 0. The van der Waals surface area contributed by atoms with E-state index in [2.05, 4.69) is 30.3 Å². The summed E-state index contributed by atoms with van der Waals surface area (Å²) < 4.78 is 0. The molecule has 0 heterocycles. The fourth-order valence-corrected chi connectivity index (χ4v) is 3.72. The van der Waals surface area contributed by atoms with Crippen molar-refractivity contribution in [3.05, 3.63) is 35.9 Å². The molecule has 2 aliphatic rings. The van der Waals surface area contributed by atoms with Crippen molar-refractivity contribution in [2.45, 2.75) is 38.5 Å². The van der Waals surface area contributed by atoms with Gasteiger partial charge in [0.2, 0.25) is 0 Å². The quantitative estimate of drug-likeness (QED) is 0.769. The van der Waals surface area contributed by atoms with Crippen LogP contribution in [-0.2, 0) is 11.2 Å². The highest BCUT2D eigenvalue weighted by Crippen LogP contribution is 2.47. The van der Waals surface area contributed by atoms with E-state index in [9.17, 15) is 4.79 Å². The summed E-state index contributed by atoms with van der Waals surface area (Å²) in [4.78, 5) is 12.0. The normalized spacial score (nSPS) is 31.1. The minimum absolute atomic E-state index is 0.414. The van der Waals surface area contributed by atoms with Gasteiger partial charge < -0.3 is 0 Å². The Balaban J connectivity index is 1.51. The molecule has 0 aliphatic heterocycles. The zero-order valence-electron chi connectivity index (χ0n) is 10.3. The van der Waals surface area contributed by atoms with E-state index in [1.54, 1.807) is 0 Å². The molecule has 1 nitrogen and oxygen atoms in total. The molecule has 2 saturated carbocycles. The van der Waals surface area contributed by atoms with Gasteiger partial charge in [-0.3, -0.25) is 4.79 Å². The van der Waals surface area contributed by atoms with Gasteiger partial charge in [-0.25, -0.2) is 0 Å². The van der Waals surface area contributed by atoms with Crippen molar-refractivity contribution in [1.82, 2.24) is 0 Å². The van der Waals surface area contributed by atoms with Gasteiger partial charge in [0, 0.05) is 11.8 Å². The van der Waals surface area contributed by atoms with Crippen molar-refractivity contribution >= 4 is 5.78 Å². The van der Waals surface area contributed by atoms with Crippen molar-refractivity contribution in [2.75, 3.05) is 0 Å². The molecule has 2 bridgehead atoms. The van der Waals surface area contributed by atoms with Crippen molar-refractivity contribution in [3.8, 4) is 0 Å². The number of Topliss-reactive ketones (excluding diaryl/α,β-unsaturated/α-hetero) is 1. The highest BCUT2D eigenvalue weighted by molar-refractivity contribution is 5.86. The Kier molecular flexibility index (Phi) is 3.00. The van der Waals surface area contributed by atoms with Crippen molar-refractivity contribution in [1.29, 1.82) is 0 Å². The lowest BCUT2D eigenvalue weighted by molar-refractivity contribution is -0.125. The Hall–Kier alpha value is -1.11.